The van der Waals surface area contributed by atoms with Crippen molar-refractivity contribution >= 4 is 17.7 Å². The molecule has 1 N–H and O–H groups in total. The number of aliphatic hydroxyl groups excluding tert-OH is 1. The van der Waals surface area contributed by atoms with Crippen molar-refractivity contribution in [2.75, 3.05) is 18.8 Å². The van der Waals surface area contributed by atoms with Gasteiger partial charge in [-0.25, -0.2) is 0 Å². The summed E-state index contributed by atoms with van der Waals surface area (Å²) in [4.78, 5) is 13.5. The lowest BCUT2D eigenvalue weighted by atomic mass is 10.1. The minimum atomic E-state index is -0.197. The monoisotopic (exact) mass is 217 g/mol. The molecule has 4 heteroatoms. The minimum Gasteiger partial charge on any atom is -0.393 e. The molecule has 0 saturated carbocycles. The van der Waals surface area contributed by atoms with Crippen molar-refractivity contribution in [2.24, 2.45) is 0 Å². The summed E-state index contributed by atoms with van der Waals surface area (Å²) in [6.07, 6.45) is 1.27. The van der Waals surface area contributed by atoms with Gasteiger partial charge in [0.15, 0.2) is 0 Å². The highest BCUT2D eigenvalue weighted by atomic mass is 32.2. The van der Waals surface area contributed by atoms with Crippen molar-refractivity contribution in [3.63, 3.8) is 0 Å². The van der Waals surface area contributed by atoms with Gasteiger partial charge in [-0.3, -0.25) is 4.79 Å². The van der Waals surface area contributed by atoms with Gasteiger partial charge in [-0.2, -0.15) is 0 Å². The van der Waals surface area contributed by atoms with Crippen LogP contribution in [0.25, 0.3) is 0 Å². The predicted molar refractivity (Wildman–Crippen MR) is 59.4 cm³/mol. The third kappa shape index (κ3) is 3.88. The first-order chi connectivity index (χ1) is 6.59. The molecule has 1 amide bonds. The Morgan fingerprint density at radius 1 is 1.50 bits per heavy atom. The normalized spacial score (nSPS) is 19.0. The number of nitrogens with zero attached hydrogens (tertiary/aromatic N) is 1. The molecule has 0 unspecified atom stereocenters. The summed E-state index contributed by atoms with van der Waals surface area (Å²) in [5.41, 5.74) is 0. The molecule has 0 radical (unpaired) electrons. The van der Waals surface area contributed by atoms with Crippen LogP contribution in [0.3, 0.4) is 0 Å². The Labute approximate surface area is 89.9 Å². The average molecular weight is 217 g/mol. The van der Waals surface area contributed by atoms with Crippen LogP contribution in [0, 0.1) is 0 Å². The first-order valence-corrected chi connectivity index (χ1v) is 6.22. The zero-order valence-corrected chi connectivity index (χ0v) is 9.72. The maximum atomic E-state index is 11.6. The smallest absolute Gasteiger partial charge is 0.232 e. The second-order valence-corrected chi connectivity index (χ2v) is 5.54. The van der Waals surface area contributed by atoms with E-state index < -0.39 is 0 Å². The lowest BCUT2D eigenvalue weighted by Gasteiger charge is -2.29. The van der Waals surface area contributed by atoms with E-state index in [1.807, 2.05) is 4.90 Å². The van der Waals surface area contributed by atoms with Crippen molar-refractivity contribution in [1.29, 1.82) is 0 Å². The second kappa shape index (κ2) is 5.61. The van der Waals surface area contributed by atoms with Gasteiger partial charge in [0.1, 0.15) is 0 Å². The van der Waals surface area contributed by atoms with E-state index in [1.54, 1.807) is 11.8 Å². The van der Waals surface area contributed by atoms with Crippen molar-refractivity contribution in [3.05, 3.63) is 0 Å². The maximum Gasteiger partial charge on any atom is 0.232 e. The summed E-state index contributed by atoms with van der Waals surface area (Å²) < 4.78 is 0. The van der Waals surface area contributed by atoms with Crippen LogP contribution >= 0.6 is 11.8 Å². The van der Waals surface area contributed by atoms with Gasteiger partial charge in [-0.05, 0) is 18.1 Å². The Bertz CT molecular complexity index is 189. The van der Waals surface area contributed by atoms with Gasteiger partial charge in [0, 0.05) is 13.1 Å². The SMILES string of the molecule is CC(C)SCC(=O)N1CCC(O)CC1. The number of carbonyl (C=O) groups is 1. The third-order valence-corrected chi connectivity index (χ3v) is 3.44. The van der Waals surface area contributed by atoms with Crippen LogP contribution < -0.4 is 0 Å². The highest BCUT2D eigenvalue weighted by molar-refractivity contribution is 8.00. The fourth-order valence-corrected chi connectivity index (χ4v) is 2.10. The number of rotatable bonds is 3. The molecule has 0 aromatic heterocycles. The molecule has 1 aliphatic heterocycles. The Morgan fingerprint density at radius 2 is 2.07 bits per heavy atom. The van der Waals surface area contributed by atoms with Crippen molar-refractivity contribution in [2.45, 2.75) is 38.0 Å². The number of thioether (sulfide) groups is 1. The van der Waals surface area contributed by atoms with Crippen LogP contribution in [0.1, 0.15) is 26.7 Å². The van der Waals surface area contributed by atoms with Gasteiger partial charge in [0.2, 0.25) is 5.91 Å². The Balaban J connectivity index is 2.24. The van der Waals surface area contributed by atoms with Gasteiger partial charge < -0.3 is 10.0 Å². The molecule has 0 aliphatic carbocycles. The molecule has 0 aromatic rings. The second-order valence-electron chi connectivity index (χ2n) is 3.97. The number of piperidine rings is 1. The molecule has 82 valence electrons. The molecular formula is C10H19NO2S. The van der Waals surface area contributed by atoms with E-state index in [2.05, 4.69) is 13.8 Å². The first-order valence-electron chi connectivity index (χ1n) is 5.17. The van der Waals surface area contributed by atoms with Crippen LogP contribution in [0.15, 0.2) is 0 Å². The number of hydrogen-bond donors (Lipinski definition) is 1. The van der Waals surface area contributed by atoms with E-state index in [4.69, 9.17) is 0 Å². The lowest BCUT2D eigenvalue weighted by Crippen LogP contribution is -2.41. The fourth-order valence-electron chi connectivity index (χ4n) is 1.44. The molecular weight excluding hydrogens is 198 g/mol. The quantitative estimate of drug-likeness (QED) is 0.770. The highest BCUT2D eigenvalue weighted by Gasteiger charge is 2.20. The van der Waals surface area contributed by atoms with Crippen LogP contribution in [0.4, 0.5) is 0 Å². The van der Waals surface area contributed by atoms with Crippen molar-refractivity contribution in [3.8, 4) is 0 Å². The third-order valence-electron chi connectivity index (χ3n) is 2.36. The molecule has 0 aromatic carbocycles. The molecule has 0 spiro atoms. The van der Waals surface area contributed by atoms with Gasteiger partial charge in [0.25, 0.3) is 0 Å². The highest BCUT2D eigenvalue weighted by Crippen LogP contribution is 2.14. The zero-order chi connectivity index (χ0) is 10.6. The van der Waals surface area contributed by atoms with Gasteiger partial charge in [-0.1, -0.05) is 13.8 Å². The fraction of sp³-hybridized carbons (Fsp3) is 0.900. The topological polar surface area (TPSA) is 40.5 Å². The minimum absolute atomic E-state index is 0.197. The van der Waals surface area contributed by atoms with Gasteiger partial charge in [0.05, 0.1) is 11.9 Å². The van der Waals surface area contributed by atoms with E-state index in [1.165, 1.54) is 0 Å². The van der Waals surface area contributed by atoms with E-state index >= 15 is 0 Å². The Hall–Kier alpha value is -0.220. The summed E-state index contributed by atoms with van der Waals surface area (Å²) >= 11 is 1.68. The Morgan fingerprint density at radius 3 is 2.57 bits per heavy atom. The standard InChI is InChI=1S/C10H19NO2S/c1-8(2)14-7-10(13)11-5-3-9(12)4-6-11/h8-9,12H,3-7H2,1-2H3. The average Bonchev–Trinajstić information content (AvgIpc) is 2.15. The van der Waals surface area contributed by atoms with Crippen LogP contribution in [-0.2, 0) is 4.79 Å². The molecule has 3 nitrogen and oxygen atoms in total. The molecule has 14 heavy (non-hydrogen) atoms. The van der Waals surface area contributed by atoms with E-state index in [0.29, 0.717) is 11.0 Å². The summed E-state index contributed by atoms with van der Waals surface area (Å²) in [6, 6.07) is 0. The molecule has 0 atom stereocenters. The van der Waals surface area contributed by atoms with E-state index in [9.17, 15) is 9.90 Å². The van der Waals surface area contributed by atoms with Crippen LogP contribution in [-0.4, -0.2) is 46.1 Å². The van der Waals surface area contributed by atoms with Crippen LogP contribution in [0.2, 0.25) is 0 Å². The number of aliphatic hydroxyl groups is 1. The van der Waals surface area contributed by atoms with Crippen molar-refractivity contribution < 1.29 is 9.90 Å². The van der Waals surface area contributed by atoms with E-state index in [0.717, 1.165) is 25.9 Å². The number of likely N-dealkylation sites (tertiary alicyclic amines) is 1. The lowest BCUT2D eigenvalue weighted by molar-refractivity contribution is -0.130. The number of carbonyl (C=O) groups excluding carboxylic acids is 1. The van der Waals surface area contributed by atoms with Crippen LogP contribution in [0.5, 0.6) is 0 Å². The molecule has 1 rings (SSSR count). The molecule has 0 bridgehead atoms. The maximum absolute atomic E-state index is 11.6. The predicted octanol–water partition coefficient (Wildman–Crippen LogP) is 1.11. The van der Waals surface area contributed by atoms with Gasteiger partial charge in [-0.15, -0.1) is 11.8 Å². The summed E-state index contributed by atoms with van der Waals surface area (Å²) in [5.74, 6) is 0.795. The summed E-state index contributed by atoms with van der Waals surface area (Å²) in [7, 11) is 0. The largest absolute Gasteiger partial charge is 0.393 e. The zero-order valence-electron chi connectivity index (χ0n) is 8.90. The molecule has 1 aliphatic rings. The summed E-state index contributed by atoms with van der Waals surface area (Å²) in [6.45, 7) is 5.63. The first kappa shape index (κ1) is 11.9. The molecule has 1 saturated heterocycles. The van der Waals surface area contributed by atoms with Crippen molar-refractivity contribution in [1.82, 2.24) is 4.90 Å². The molecule has 1 heterocycles. The Kier molecular flexibility index (Phi) is 4.75. The number of amides is 1. The van der Waals surface area contributed by atoms with Gasteiger partial charge >= 0.3 is 0 Å². The number of hydrogen-bond acceptors (Lipinski definition) is 3. The summed E-state index contributed by atoms with van der Waals surface area (Å²) in [5, 5.41) is 9.79. The van der Waals surface area contributed by atoms with E-state index in [-0.39, 0.29) is 12.0 Å². The molecule has 1 fully saturated rings.